The smallest absolute Gasteiger partial charge is 0.145 e. The molecule has 0 fully saturated rings. The van der Waals surface area contributed by atoms with Crippen LogP contribution in [0.2, 0.25) is 0 Å². The van der Waals surface area contributed by atoms with E-state index in [1.165, 1.54) is 88.5 Å². The van der Waals surface area contributed by atoms with E-state index >= 15 is 0 Å². The Morgan fingerprint density at radius 2 is 0.831 bits per heavy atom. The van der Waals surface area contributed by atoms with Gasteiger partial charge in [-0.15, -0.1) is 11.8 Å². The number of hydrogen-bond donors (Lipinski definition) is 0. The van der Waals surface area contributed by atoms with E-state index in [-0.39, 0.29) is 21.7 Å². The molecule has 0 amide bonds. The third-order valence-electron chi connectivity index (χ3n) is 18.9. The number of rotatable bonds is 11. The van der Waals surface area contributed by atoms with Gasteiger partial charge in [-0.05, 0) is 178 Å². The molecule has 0 spiro atoms. The zero-order chi connectivity index (χ0) is 61.8. The van der Waals surface area contributed by atoms with Crippen molar-refractivity contribution in [2.24, 2.45) is 0 Å². The van der Waals surface area contributed by atoms with Crippen LogP contribution in [0.25, 0.3) is 44.2 Å². The molecular weight excluding hydrogens is 1100 g/mol. The van der Waals surface area contributed by atoms with Crippen molar-refractivity contribution in [1.82, 2.24) is 0 Å². The molecule has 0 saturated heterocycles. The predicted octanol–water partition coefficient (Wildman–Crippen LogP) is 23.9. The highest BCUT2D eigenvalue weighted by molar-refractivity contribution is 7.98. The number of benzene rings is 11. The fourth-order valence-electron chi connectivity index (χ4n) is 14.1. The highest BCUT2D eigenvalue weighted by Gasteiger charge is 2.51. The summed E-state index contributed by atoms with van der Waals surface area (Å²) in [4.78, 5) is 6.26. The lowest BCUT2D eigenvalue weighted by Crippen LogP contribution is -2.29. The van der Waals surface area contributed by atoms with Crippen LogP contribution >= 0.6 is 11.8 Å². The van der Waals surface area contributed by atoms with Crippen molar-refractivity contribution < 1.29 is 4.42 Å². The summed E-state index contributed by atoms with van der Waals surface area (Å²) in [5.41, 5.74) is 26.3. The van der Waals surface area contributed by atoms with Gasteiger partial charge >= 0.3 is 0 Å². The van der Waals surface area contributed by atoms with Crippen molar-refractivity contribution in [3.63, 3.8) is 0 Å². The number of anilines is 6. The summed E-state index contributed by atoms with van der Waals surface area (Å²) in [6.07, 6.45) is 0.776. The molecular formula is C85H80N2OS. The first kappa shape index (κ1) is 57.9. The highest BCUT2D eigenvalue weighted by atomic mass is 32.2. The molecule has 14 rings (SSSR count). The quantitative estimate of drug-likeness (QED) is 0.120. The minimum atomic E-state index is -0.896. The van der Waals surface area contributed by atoms with Gasteiger partial charge in [0, 0.05) is 50.8 Å². The number of hydrogen-bond acceptors (Lipinski definition) is 4. The van der Waals surface area contributed by atoms with Crippen LogP contribution in [0.1, 0.15) is 144 Å². The Bertz CT molecular complexity index is 4610. The van der Waals surface area contributed by atoms with E-state index in [0.29, 0.717) is 0 Å². The number of para-hydroxylation sites is 3. The van der Waals surface area contributed by atoms with E-state index in [4.69, 9.17) is 4.42 Å². The topological polar surface area (TPSA) is 19.6 Å². The summed E-state index contributed by atoms with van der Waals surface area (Å²) in [5, 5.41) is 2.17. The van der Waals surface area contributed by atoms with E-state index in [2.05, 4.69) is 336 Å². The van der Waals surface area contributed by atoms with Gasteiger partial charge in [0.05, 0.1) is 22.2 Å². The van der Waals surface area contributed by atoms with Crippen LogP contribution in [0.4, 0.5) is 34.1 Å². The fraction of sp³-hybridized carbons (Fsp3) is 0.224. The Balaban J connectivity index is 1.13. The SMILES string of the molecule is CC(C)(C)c1ccc(CSc2ccc(C3(c4ccc(C(C)(C)C)cc4)c4cc(N(c5ccccc5)c5ccc(C(C)(C)C)cc5)c5c(c4-c4c3cc(N(c3ccccc3)c3ccc(C(C)(C)C)cc3)c3c4oc4ccccc43)-c3ccccc3C5)cc2)cc1. The van der Waals surface area contributed by atoms with E-state index in [9.17, 15) is 0 Å². The molecule has 11 aromatic carbocycles. The molecule has 0 saturated carbocycles. The van der Waals surface area contributed by atoms with Crippen molar-refractivity contribution in [2.75, 3.05) is 9.80 Å². The van der Waals surface area contributed by atoms with Gasteiger partial charge in [0.1, 0.15) is 11.2 Å². The minimum Gasteiger partial charge on any atom is -0.455 e. The van der Waals surface area contributed by atoms with Crippen molar-refractivity contribution in [1.29, 1.82) is 0 Å². The van der Waals surface area contributed by atoms with Crippen molar-refractivity contribution in [2.45, 2.75) is 127 Å². The molecule has 2 aliphatic carbocycles. The Morgan fingerprint density at radius 3 is 1.37 bits per heavy atom. The van der Waals surface area contributed by atoms with Gasteiger partial charge in [-0.1, -0.05) is 247 Å². The second kappa shape index (κ2) is 21.7. The summed E-state index contributed by atoms with van der Waals surface area (Å²) in [6, 6.07) is 92.3. The number of fused-ring (bicyclic) bond motifs is 11. The molecule has 0 bridgehead atoms. The van der Waals surface area contributed by atoms with Gasteiger partial charge in [0.15, 0.2) is 0 Å². The van der Waals surface area contributed by atoms with Crippen LogP contribution < -0.4 is 9.80 Å². The van der Waals surface area contributed by atoms with Crippen LogP contribution in [0.15, 0.2) is 252 Å². The van der Waals surface area contributed by atoms with Crippen molar-refractivity contribution >= 4 is 67.8 Å². The summed E-state index contributed by atoms with van der Waals surface area (Å²) < 4.78 is 7.69. The average Bonchev–Trinajstić information content (AvgIpc) is 1.51. The Morgan fingerprint density at radius 1 is 0.404 bits per heavy atom. The van der Waals surface area contributed by atoms with Crippen LogP contribution in [-0.2, 0) is 39.2 Å². The Kier molecular flexibility index (Phi) is 14.1. The first-order chi connectivity index (χ1) is 42.7. The average molecular weight is 1180 g/mol. The van der Waals surface area contributed by atoms with E-state index in [1.807, 2.05) is 11.8 Å². The normalized spacial score (nSPS) is 14.6. The molecule has 1 unspecified atom stereocenters. The molecule has 2 aliphatic rings. The second-order valence-electron chi connectivity index (χ2n) is 28.9. The number of thioether (sulfide) groups is 1. The summed E-state index contributed by atoms with van der Waals surface area (Å²) in [5.74, 6) is 0.870. The number of nitrogens with zero attached hydrogens (tertiary/aromatic N) is 2. The van der Waals surface area contributed by atoms with Crippen molar-refractivity contribution in [3.05, 3.63) is 304 Å². The Hall–Kier alpha value is -8.83. The maximum Gasteiger partial charge on any atom is 0.145 e. The van der Waals surface area contributed by atoms with Gasteiger partial charge in [0.2, 0.25) is 0 Å². The fourth-order valence-corrected chi connectivity index (χ4v) is 15.0. The lowest BCUT2D eigenvalue weighted by Gasteiger charge is -2.37. The third-order valence-corrected chi connectivity index (χ3v) is 20.0. The third kappa shape index (κ3) is 10.1. The highest BCUT2D eigenvalue weighted by Crippen LogP contribution is 2.66. The lowest BCUT2D eigenvalue weighted by atomic mass is 9.66. The maximum atomic E-state index is 7.69. The van der Waals surface area contributed by atoms with Gasteiger partial charge in [-0.25, -0.2) is 0 Å². The standard InChI is InChI=1S/C85H80N2OS/c1-81(2,3)57-33-31-55(32-34-57)54-89-67-49-43-62(44-50-67)85(61-37-35-58(36-38-61)82(4,5)6)71-52-73(86(63-24-15-13-16-25-63)65-45-39-59(40-46-65)83(7,8)9)70-51-56-23-19-20-28-68(56)76(70)78(71)79-72(85)53-74(77-69-29-21-22-30-75(69)88-80(77)79)87(64-26-17-14-18-27-64)66-47-41-60(42-48-66)84(10,11)12/h13-50,52-53H,51,54H2,1-12H3. The van der Waals surface area contributed by atoms with Crippen molar-refractivity contribution in [3.8, 4) is 22.3 Å². The number of furan rings is 1. The van der Waals surface area contributed by atoms with E-state index in [0.717, 1.165) is 68.1 Å². The summed E-state index contributed by atoms with van der Waals surface area (Å²) >= 11 is 1.90. The molecule has 0 aliphatic heterocycles. The summed E-state index contributed by atoms with van der Waals surface area (Å²) in [7, 11) is 0. The second-order valence-corrected chi connectivity index (χ2v) is 29.9. The van der Waals surface area contributed by atoms with Gasteiger partial charge in [-0.2, -0.15) is 0 Å². The first-order valence-corrected chi connectivity index (χ1v) is 32.8. The molecule has 3 nitrogen and oxygen atoms in total. The zero-order valence-electron chi connectivity index (χ0n) is 53.7. The van der Waals surface area contributed by atoms with Crippen LogP contribution in [0.3, 0.4) is 0 Å². The first-order valence-electron chi connectivity index (χ1n) is 31.8. The van der Waals surface area contributed by atoms with Crippen LogP contribution in [0.5, 0.6) is 0 Å². The molecule has 1 aromatic heterocycles. The Labute approximate surface area is 532 Å². The largest absolute Gasteiger partial charge is 0.455 e. The van der Waals surface area contributed by atoms with Gasteiger partial charge in [-0.3, -0.25) is 0 Å². The minimum absolute atomic E-state index is 0.0148. The van der Waals surface area contributed by atoms with E-state index in [1.54, 1.807) is 0 Å². The monoisotopic (exact) mass is 1180 g/mol. The molecule has 4 heteroatoms. The molecule has 1 heterocycles. The zero-order valence-corrected chi connectivity index (χ0v) is 54.5. The molecule has 12 aromatic rings. The molecule has 0 N–H and O–H groups in total. The van der Waals surface area contributed by atoms with Crippen LogP contribution in [-0.4, -0.2) is 0 Å². The van der Waals surface area contributed by atoms with Gasteiger partial charge < -0.3 is 14.2 Å². The molecule has 1 atom stereocenters. The van der Waals surface area contributed by atoms with Gasteiger partial charge in [0.25, 0.3) is 0 Å². The molecule has 89 heavy (non-hydrogen) atoms. The van der Waals surface area contributed by atoms with E-state index < -0.39 is 5.41 Å². The predicted molar refractivity (Wildman–Crippen MR) is 379 cm³/mol. The lowest BCUT2D eigenvalue weighted by molar-refractivity contribution is 0.589. The maximum absolute atomic E-state index is 7.69. The molecule has 0 radical (unpaired) electrons. The summed E-state index contributed by atoms with van der Waals surface area (Å²) in [6.45, 7) is 27.6. The van der Waals surface area contributed by atoms with Crippen LogP contribution in [0, 0.1) is 0 Å². The molecule has 442 valence electrons.